The van der Waals surface area contributed by atoms with Gasteiger partial charge >= 0.3 is 0 Å². The average molecular weight is 350 g/mol. The van der Waals surface area contributed by atoms with Crippen molar-refractivity contribution in [2.75, 3.05) is 13.7 Å². The maximum atomic E-state index is 11.5. The number of methoxy groups -OCH3 is 1. The maximum absolute atomic E-state index is 11.5. The summed E-state index contributed by atoms with van der Waals surface area (Å²) >= 11 is 0. The van der Waals surface area contributed by atoms with E-state index in [0.29, 0.717) is 11.5 Å². The Morgan fingerprint density at radius 1 is 1.40 bits per heavy atom. The van der Waals surface area contributed by atoms with Gasteiger partial charge in [0.05, 0.1) is 25.9 Å². The third-order valence-corrected chi connectivity index (χ3v) is 4.10. The van der Waals surface area contributed by atoms with Crippen LogP contribution in [0.25, 0.3) is 10.4 Å². The van der Waals surface area contributed by atoms with Gasteiger partial charge in [0.25, 0.3) is 0 Å². The Kier molecular flexibility index (Phi) is 6.46. The Morgan fingerprint density at radius 3 is 2.60 bits per heavy atom. The molecule has 9 nitrogen and oxygen atoms in total. The Hall–Kier alpha value is -2.48. The van der Waals surface area contributed by atoms with Crippen LogP contribution >= 0.6 is 0 Å². The van der Waals surface area contributed by atoms with Gasteiger partial charge in [0.1, 0.15) is 17.5 Å². The lowest BCUT2D eigenvalue weighted by Crippen LogP contribution is -2.62. The number of nitrogens with one attached hydrogen (secondary N) is 1. The number of rotatable bonds is 6. The first-order valence-corrected chi connectivity index (χ1v) is 7.88. The van der Waals surface area contributed by atoms with Crippen LogP contribution in [-0.2, 0) is 9.53 Å². The van der Waals surface area contributed by atoms with Crippen molar-refractivity contribution in [1.29, 1.82) is 0 Å². The third kappa shape index (κ3) is 4.76. The average Bonchev–Trinajstić information content (AvgIpc) is 2.60. The molecule has 9 heteroatoms. The van der Waals surface area contributed by atoms with Crippen LogP contribution in [0.15, 0.2) is 29.4 Å². The second-order valence-corrected chi connectivity index (χ2v) is 5.83. The van der Waals surface area contributed by atoms with Crippen molar-refractivity contribution in [3.05, 3.63) is 34.7 Å². The molecule has 1 aliphatic rings. The highest BCUT2D eigenvalue weighted by molar-refractivity contribution is 5.73. The fraction of sp³-hybridized carbons (Fsp3) is 0.562. The molecule has 0 spiro atoms. The van der Waals surface area contributed by atoms with Gasteiger partial charge in [-0.05, 0) is 29.8 Å². The summed E-state index contributed by atoms with van der Waals surface area (Å²) in [5.74, 6) is 0.505. The number of hydrogen-bond donors (Lipinski definition) is 2. The zero-order valence-corrected chi connectivity index (χ0v) is 14.3. The Labute approximate surface area is 145 Å². The summed E-state index contributed by atoms with van der Waals surface area (Å²) in [6.45, 7) is 3.18. The normalized spacial score (nSPS) is 28.6. The molecule has 2 rings (SSSR count). The highest BCUT2D eigenvalue weighted by Crippen LogP contribution is 2.29. The molecule has 1 saturated heterocycles. The second-order valence-electron chi connectivity index (χ2n) is 5.83. The lowest BCUT2D eigenvalue weighted by atomic mass is 9.89. The number of carbonyl (C=O) groups is 1. The van der Waals surface area contributed by atoms with Gasteiger partial charge in [-0.3, -0.25) is 4.79 Å². The first-order valence-electron chi connectivity index (χ1n) is 7.88. The van der Waals surface area contributed by atoms with Crippen LogP contribution in [0.5, 0.6) is 11.5 Å². The molecule has 1 fully saturated rings. The van der Waals surface area contributed by atoms with Crippen molar-refractivity contribution in [1.82, 2.24) is 5.32 Å². The van der Waals surface area contributed by atoms with E-state index in [2.05, 4.69) is 15.3 Å². The topological polar surface area (TPSA) is 126 Å². The van der Waals surface area contributed by atoms with E-state index in [1.807, 2.05) is 0 Å². The summed E-state index contributed by atoms with van der Waals surface area (Å²) < 4.78 is 16.8. The molecule has 1 amide bonds. The van der Waals surface area contributed by atoms with Crippen LogP contribution in [0, 0.1) is 5.92 Å². The number of ether oxygens (including phenoxy) is 3. The standard InChI is InChI=1S/C16H22N4O5/c1-9-13(8-18-20-17)25-16(14(15(9)22)19-10(2)21)24-12-6-4-11(23-3)5-7-12/h4-7,9,13-16,22H,8H2,1-3H3,(H,19,21)/t9-,13?,14?,15+,16-/m1/s1. The van der Waals surface area contributed by atoms with E-state index < -0.39 is 24.5 Å². The molecule has 0 bridgehead atoms. The quantitative estimate of drug-likeness (QED) is 0.458. The van der Waals surface area contributed by atoms with Crippen LogP contribution in [0.2, 0.25) is 0 Å². The molecule has 0 saturated carbocycles. The zero-order valence-electron chi connectivity index (χ0n) is 14.3. The van der Waals surface area contributed by atoms with Gasteiger partial charge in [-0.2, -0.15) is 0 Å². The number of amides is 1. The molecule has 0 radical (unpaired) electrons. The molecule has 2 N–H and O–H groups in total. The summed E-state index contributed by atoms with van der Waals surface area (Å²) in [5.41, 5.74) is 8.51. The van der Waals surface area contributed by atoms with E-state index in [1.165, 1.54) is 6.92 Å². The zero-order chi connectivity index (χ0) is 18.4. The first kappa shape index (κ1) is 18.9. The van der Waals surface area contributed by atoms with Crippen molar-refractivity contribution < 1.29 is 24.1 Å². The molecule has 1 aromatic carbocycles. The van der Waals surface area contributed by atoms with Crippen LogP contribution in [0.4, 0.5) is 0 Å². The number of benzene rings is 1. The number of carbonyl (C=O) groups excluding carboxylic acids is 1. The Morgan fingerprint density at radius 2 is 2.04 bits per heavy atom. The van der Waals surface area contributed by atoms with Gasteiger partial charge in [0.2, 0.25) is 12.2 Å². The van der Waals surface area contributed by atoms with E-state index in [4.69, 9.17) is 19.7 Å². The third-order valence-electron chi connectivity index (χ3n) is 4.10. The minimum atomic E-state index is -0.928. The summed E-state index contributed by atoms with van der Waals surface area (Å²) in [5, 5.41) is 16.7. The largest absolute Gasteiger partial charge is 0.497 e. The molecular weight excluding hydrogens is 328 g/mol. The molecule has 25 heavy (non-hydrogen) atoms. The van der Waals surface area contributed by atoms with Gasteiger partial charge in [-0.1, -0.05) is 12.0 Å². The number of azide groups is 1. The lowest BCUT2D eigenvalue weighted by molar-refractivity contribution is -0.214. The molecular formula is C16H22N4O5. The van der Waals surface area contributed by atoms with Crippen molar-refractivity contribution >= 4 is 5.91 Å². The molecule has 136 valence electrons. The number of aliphatic hydroxyl groups excluding tert-OH is 1. The highest BCUT2D eigenvalue weighted by atomic mass is 16.7. The van der Waals surface area contributed by atoms with E-state index in [9.17, 15) is 9.90 Å². The smallest absolute Gasteiger partial charge is 0.223 e. The SMILES string of the molecule is COc1ccc(O[C@@H]2OC(CN=[N+]=[N-])[C@@H](C)[C@H](O)C2NC(C)=O)cc1. The lowest BCUT2D eigenvalue weighted by Gasteiger charge is -2.43. The minimum Gasteiger partial charge on any atom is -0.497 e. The maximum Gasteiger partial charge on any atom is 0.223 e. The fourth-order valence-electron chi connectivity index (χ4n) is 2.69. The number of aliphatic hydroxyl groups is 1. The summed E-state index contributed by atoms with van der Waals surface area (Å²) in [7, 11) is 1.56. The molecule has 2 unspecified atom stereocenters. The minimum absolute atomic E-state index is 0.0595. The molecule has 1 aliphatic heterocycles. The van der Waals surface area contributed by atoms with Crippen molar-refractivity contribution in [3.8, 4) is 11.5 Å². The van der Waals surface area contributed by atoms with Gasteiger partial charge in [0.15, 0.2) is 0 Å². The summed E-state index contributed by atoms with van der Waals surface area (Å²) in [6.07, 6.45) is -2.37. The Balaban J connectivity index is 2.20. The van der Waals surface area contributed by atoms with Crippen molar-refractivity contribution in [2.45, 2.75) is 38.4 Å². The molecule has 0 aromatic heterocycles. The second kappa shape index (κ2) is 8.57. The molecule has 1 aromatic rings. The van der Waals surface area contributed by atoms with Gasteiger partial charge in [-0.25, -0.2) is 0 Å². The van der Waals surface area contributed by atoms with E-state index >= 15 is 0 Å². The van der Waals surface area contributed by atoms with Gasteiger partial charge < -0.3 is 24.6 Å². The summed E-state index contributed by atoms with van der Waals surface area (Å²) in [4.78, 5) is 14.2. The van der Waals surface area contributed by atoms with Crippen LogP contribution in [-0.4, -0.2) is 49.2 Å². The predicted octanol–water partition coefficient (Wildman–Crippen LogP) is 1.61. The van der Waals surface area contributed by atoms with Gasteiger partial charge in [-0.15, -0.1) is 0 Å². The van der Waals surface area contributed by atoms with E-state index in [1.54, 1.807) is 38.3 Å². The first-order chi connectivity index (χ1) is 12.0. The monoisotopic (exact) mass is 350 g/mol. The fourth-order valence-corrected chi connectivity index (χ4v) is 2.69. The van der Waals surface area contributed by atoms with Crippen LogP contribution in [0.3, 0.4) is 0 Å². The number of nitrogens with zero attached hydrogens (tertiary/aromatic N) is 3. The van der Waals surface area contributed by atoms with Crippen molar-refractivity contribution in [2.24, 2.45) is 11.0 Å². The molecule has 5 atom stereocenters. The van der Waals surface area contributed by atoms with Crippen LogP contribution < -0.4 is 14.8 Å². The van der Waals surface area contributed by atoms with E-state index in [0.717, 1.165) is 0 Å². The summed E-state index contributed by atoms with van der Waals surface area (Å²) in [6, 6.07) is 6.08. The molecule has 0 aliphatic carbocycles. The predicted molar refractivity (Wildman–Crippen MR) is 89.1 cm³/mol. The van der Waals surface area contributed by atoms with E-state index in [-0.39, 0.29) is 18.4 Å². The van der Waals surface area contributed by atoms with Crippen molar-refractivity contribution in [3.63, 3.8) is 0 Å². The van der Waals surface area contributed by atoms with Crippen LogP contribution in [0.1, 0.15) is 13.8 Å². The number of hydrogen-bond acceptors (Lipinski definition) is 6. The molecule has 1 heterocycles. The Bertz CT molecular complexity index is 632. The van der Waals surface area contributed by atoms with Gasteiger partial charge in [0, 0.05) is 17.8 Å². The highest BCUT2D eigenvalue weighted by Gasteiger charge is 2.44.